The van der Waals surface area contributed by atoms with Crippen molar-refractivity contribution >= 4 is 95.4 Å². The zero-order valence-corrected chi connectivity index (χ0v) is 43.0. The number of aliphatic carboxylic acids is 2. The third-order valence-corrected chi connectivity index (χ3v) is 10.1. The smallest absolute Gasteiger partial charge is 0.416 e. The Bertz CT molecular complexity index is 2400. The van der Waals surface area contributed by atoms with Crippen LogP contribution in [0.1, 0.15) is 68.6 Å². The molecular formula is C43H55Cl4F3N7O12P. The Balaban J connectivity index is 0.000000498. The van der Waals surface area contributed by atoms with Crippen LogP contribution >= 0.6 is 54.0 Å². The second kappa shape index (κ2) is 30.7. The fraction of sp³-hybridized carbons (Fsp3) is 0.419. The molecule has 0 aliphatic carbocycles. The lowest BCUT2D eigenvalue weighted by Gasteiger charge is -2.31. The molecule has 0 spiro atoms. The highest BCUT2D eigenvalue weighted by Gasteiger charge is 2.31. The molecule has 1 aromatic heterocycles. The molecule has 27 heteroatoms. The van der Waals surface area contributed by atoms with E-state index in [0.29, 0.717) is 24.6 Å². The fourth-order valence-corrected chi connectivity index (χ4v) is 6.53. The molecule has 4 rings (SSSR count). The van der Waals surface area contributed by atoms with Gasteiger partial charge in [0.05, 0.1) is 52.3 Å². The van der Waals surface area contributed by atoms with E-state index in [1.54, 1.807) is 12.0 Å². The van der Waals surface area contributed by atoms with E-state index in [9.17, 15) is 36.9 Å². The van der Waals surface area contributed by atoms with Crippen molar-refractivity contribution in [1.29, 1.82) is 0 Å². The molecule has 1 unspecified atom stereocenters. The number of hydrogen-bond acceptors (Lipinski definition) is 14. The maximum atomic E-state index is 12.7. The summed E-state index contributed by atoms with van der Waals surface area (Å²) in [6.07, 6.45) is -5.68. The molecule has 0 fully saturated rings. The van der Waals surface area contributed by atoms with Gasteiger partial charge in [-0.05, 0) is 107 Å². The molecule has 70 heavy (non-hydrogen) atoms. The van der Waals surface area contributed by atoms with Crippen LogP contribution in [-0.4, -0.2) is 116 Å². The summed E-state index contributed by atoms with van der Waals surface area (Å²) in [5.41, 5.74) is 2.09. The molecule has 19 nitrogen and oxygen atoms in total. The van der Waals surface area contributed by atoms with E-state index >= 15 is 0 Å². The van der Waals surface area contributed by atoms with Gasteiger partial charge in [-0.1, -0.05) is 48.3 Å². The number of rotatable bonds is 19. The van der Waals surface area contributed by atoms with Crippen molar-refractivity contribution in [2.45, 2.75) is 79.3 Å². The van der Waals surface area contributed by atoms with E-state index in [0.717, 1.165) is 54.9 Å². The number of nitrogens with zero attached hydrogens (tertiary/aromatic N) is 4. The van der Waals surface area contributed by atoms with E-state index < -0.39 is 56.2 Å². The van der Waals surface area contributed by atoms with Gasteiger partial charge >= 0.3 is 31.7 Å². The number of carbonyl (C=O) groups excluding carboxylic acids is 2. The van der Waals surface area contributed by atoms with Crippen LogP contribution in [0, 0.1) is 6.92 Å². The average molecular weight is 1090 g/mol. The number of anilines is 3. The molecule has 7 N–H and O–H groups in total. The lowest BCUT2D eigenvalue weighted by molar-refractivity contribution is -0.146. The number of halogens is 7. The van der Waals surface area contributed by atoms with Crippen molar-refractivity contribution in [1.82, 2.24) is 20.3 Å². The molecule has 0 saturated carbocycles. The van der Waals surface area contributed by atoms with E-state index in [1.807, 2.05) is 46.8 Å². The van der Waals surface area contributed by atoms with Crippen molar-refractivity contribution in [2.24, 2.45) is 0 Å². The van der Waals surface area contributed by atoms with Crippen LogP contribution in [0.15, 0.2) is 54.6 Å². The van der Waals surface area contributed by atoms with Gasteiger partial charge in [-0.25, -0.2) is 9.59 Å². The maximum Gasteiger partial charge on any atom is 0.416 e. The molecule has 0 aliphatic rings. The second-order valence-electron chi connectivity index (χ2n) is 14.6. The summed E-state index contributed by atoms with van der Waals surface area (Å²) < 4.78 is 63.4. The summed E-state index contributed by atoms with van der Waals surface area (Å²) in [5, 5.41) is 24.7. The van der Waals surface area contributed by atoms with Crippen LogP contribution in [0.4, 0.5) is 30.8 Å². The zero-order valence-electron chi connectivity index (χ0n) is 39.1. The van der Waals surface area contributed by atoms with Crippen LogP contribution in [0.25, 0.3) is 0 Å². The molecule has 2 atom stereocenters. The maximum absolute atomic E-state index is 12.7. The second-order valence-corrected chi connectivity index (χ2v) is 17.7. The number of alkyl halides is 4. The van der Waals surface area contributed by atoms with Gasteiger partial charge in [0, 0.05) is 19.7 Å². The Morgan fingerprint density at radius 2 is 1.54 bits per heavy atom. The molecule has 388 valence electrons. The molecule has 1 amide bonds. The first-order chi connectivity index (χ1) is 32.6. The topological polar surface area (TPSA) is 272 Å². The molecule has 1 heterocycles. The van der Waals surface area contributed by atoms with Crippen molar-refractivity contribution < 1.29 is 71.1 Å². The minimum absolute atomic E-state index is 0.0223. The number of para-hydroxylation sites is 1. The highest BCUT2D eigenvalue weighted by molar-refractivity contribution is 7.51. The molecular weight excluding hydrogens is 1040 g/mol. The fourth-order valence-electron chi connectivity index (χ4n) is 5.42. The van der Waals surface area contributed by atoms with E-state index in [2.05, 4.69) is 43.9 Å². The van der Waals surface area contributed by atoms with Gasteiger partial charge in [-0.3, -0.25) is 19.5 Å². The summed E-state index contributed by atoms with van der Waals surface area (Å²) >= 11 is 23.2. The largest absolute Gasteiger partial charge is 0.480 e. The van der Waals surface area contributed by atoms with Gasteiger partial charge < -0.3 is 49.7 Å². The molecule has 0 aliphatic heterocycles. The van der Waals surface area contributed by atoms with Crippen LogP contribution in [0.5, 0.6) is 11.5 Å². The average Bonchev–Trinajstić information content (AvgIpc) is 3.25. The van der Waals surface area contributed by atoms with Gasteiger partial charge in [-0.2, -0.15) is 28.1 Å². The first kappa shape index (κ1) is 63.0. The van der Waals surface area contributed by atoms with Gasteiger partial charge in [0.25, 0.3) is 0 Å². The summed E-state index contributed by atoms with van der Waals surface area (Å²) in [7, 11) is -2.46. The number of aryl methyl sites for hydroxylation is 2. The number of hydrogen-bond donors (Lipinski definition) is 7. The number of carboxylic acids is 2. The number of carboxylic acid groups (broad SMARTS) is 2. The number of nitrogens with one attached hydrogen (secondary N) is 3. The Hall–Kier alpha value is -5.03. The number of carbonyl (C=O) groups is 4. The van der Waals surface area contributed by atoms with E-state index in [-0.39, 0.29) is 56.3 Å². The van der Waals surface area contributed by atoms with Gasteiger partial charge in [0.2, 0.25) is 23.1 Å². The Kier molecular flexibility index (Phi) is 27.6. The summed E-state index contributed by atoms with van der Waals surface area (Å²) in [5.74, 6) is -2.65. The molecule has 0 bridgehead atoms. The van der Waals surface area contributed by atoms with Crippen LogP contribution in [0.2, 0.25) is 15.3 Å². The van der Waals surface area contributed by atoms with Crippen LogP contribution in [0.3, 0.4) is 0 Å². The predicted molar refractivity (Wildman–Crippen MR) is 261 cm³/mol. The summed E-state index contributed by atoms with van der Waals surface area (Å²) in [6, 6.07) is 12.6. The first-order valence-corrected chi connectivity index (χ1v) is 24.2. The highest BCUT2D eigenvalue weighted by Crippen LogP contribution is 2.37. The Morgan fingerprint density at radius 1 is 0.900 bits per heavy atom. The summed E-state index contributed by atoms with van der Waals surface area (Å²) in [6.45, 7) is 14.0. The third-order valence-electron chi connectivity index (χ3n) is 8.41. The minimum atomic E-state index is -4.56. The Labute approximate surface area is 422 Å². The molecule has 0 saturated heterocycles. The van der Waals surface area contributed by atoms with Gasteiger partial charge in [-0.15, -0.1) is 11.6 Å². The highest BCUT2D eigenvalue weighted by atomic mass is 35.5. The van der Waals surface area contributed by atoms with Crippen molar-refractivity contribution in [3.05, 3.63) is 92.2 Å². The van der Waals surface area contributed by atoms with Crippen molar-refractivity contribution in [3.63, 3.8) is 0 Å². The number of benzene rings is 3. The molecule has 0 radical (unpaired) electrons. The zero-order chi connectivity index (χ0) is 53.5. The normalized spacial score (nSPS) is 11.8. The molecule has 4 aromatic rings. The number of methoxy groups -OCH3 is 1. The number of esters is 1. The summed E-state index contributed by atoms with van der Waals surface area (Å²) in [4.78, 5) is 74.9. The lowest BCUT2D eigenvalue weighted by atomic mass is 10.0. The number of aromatic nitrogens is 3. The van der Waals surface area contributed by atoms with Gasteiger partial charge in [0.15, 0.2) is 6.10 Å². The van der Waals surface area contributed by atoms with E-state index in [4.69, 9.17) is 80.6 Å². The SMILES string of the molecule is CCNc1nc(Cl)nc(NC(C)C)n1.CCc1cccc(C)c1N(C(=O)CCl)C(C)COC.C[C@H](OC(=O)c1cc(Oc2ccc(C(F)(F)F)cc2Cl)ccc1Cl)C(=O)O.O=C(O)CNCP(=O)(O)O. The minimum Gasteiger partial charge on any atom is -0.480 e. The lowest BCUT2D eigenvalue weighted by Crippen LogP contribution is -2.43. The first-order valence-electron chi connectivity index (χ1n) is 20.7. The number of amides is 1. The van der Waals surface area contributed by atoms with Crippen molar-refractivity contribution in [2.75, 3.05) is 54.5 Å². The van der Waals surface area contributed by atoms with E-state index in [1.165, 1.54) is 12.1 Å². The van der Waals surface area contributed by atoms with Crippen molar-refractivity contribution in [3.8, 4) is 11.5 Å². The molecule has 3 aromatic carbocycles. The van der Waals surface area contributed by atoms with Crippen LogP contribution in [-0.2, 0) is 41.0 Å². The quantitative estimate of drug-likeness (QED) is 0.0262. The monoisotopic (exact) mass is 1090 g/mol. The van der Waals surface area contributed by atoms with Gasteiger partial charge in [0.1, 0.15) is 17.4 Å². The predicted octanol–water partition coefficient (Wildman–Crippen LogP) is 9.17. The van der Waals surface area contributed by atoms with Crippen LogP contribution < -0.4 is 25.6 Å². The number of ether oxygens (including phenoxy) is 3. The standard InChI is InChI=1S/C17H11Cl2F3O5.C15H22ClNO2.C8H14ClN5.C3H8NO5P/c1-8(15(23)24)26-16(25)11-7-10(3-4-12(11)18)27-14-5-2-9(6-13(14)19)17(20,21)22;1-5-13-8-6-7-11(2)15(13)17(14(18)9-16)12(3)10-19-4;1-4-10-7-12-6(9)13-8(14-7)11-5(2)3;5-3(6)1-4-2-10(7,8)9/h2-8H,1H3,(H,23,24);6-8,12H,5,9-10H2,1-4H3;5H,4H2,1-3H3,(H2,10,11,12,13,14);4H,1-2H2,(H,5,6)(H2,7,8,9)/t8-;;;/m0.../s1. The Morgan fingerprint density at radius 3 is 2.06 bits per heavy atom. The third kappa shape index (κ3) is 23.3.